The monoisotopic (exact) mass is 524 g/mol. The van der Waals surface area contributed by atoms with E-state index in [1.54, 1.807) is 17.1 Å². The van der Waals surface area contributed by atoms with Crippen molar-refractivity contribution < 1.29 is 4.79 Å². The lowest BCUT2D eigenvalue weighted by Crippen LogP contribution is -2.67. The summed E-state index contributed by atoms with van der Waals surface area (Å²) in [7, 11) is 0. The van der Waals surface area contributed by atoms with Crippen LogP contribution < -0.4 is 14.8 Å². The maximum Gasteiger partial charge on any atom is 0.261 e. The standard InChI is InChI=1S/C27H23Cl3N4O/c1-17-27(26(35)34(31-17)22-9-7-19(28)8-10-22)15-18-5-6-21(30)14-24(18)33-12-11-32(16-25(27)33)23-4-2-3-20(29)13-23/h2-10,13-14,25H,11-12,15-16H2,1H3. The van der Waals surface area contributed by atoms with Gasteiger partial charge in [-0.3, -0.25) is 4.79 Å². The Balaban J connectivity index is 1.45. The van der Waals surface area contributed by atoms with Crippen molar-refractivity contribution in [1.29, 1.82) is 0 Å². The Kier molecular flexibility index (Phi) is 5.48. The number of halogens is 3. The van der Waals surface area contributed by atoms with Gasteiger partial charge in [0.15, 0.2) is 0 Å². The molecule has 178 valence electrons. The first-order valence-electron chi connectivity index (χ1n) is 11.6. The highest BCUT2D eigenvalue weighted by molar-refractivity contribution is 6.31. The molecule has 3 aromatic carbocycles. The third-order valence-corrected chi connectivity index (χ3v) is 8.21. The van der Waals surface area contributed by atoms with E-state index >= 15 is 0 Å². The van der Waals surface area contributed by atoms with Crippen LogP contribution in [-0.4, -0.2) is 37.3 Å². The molecule has 35 heavy (non-hydrogen) atoms. The summed E-state index contributed by atoms with van der Waals surface area (Å²) in [5.74, 6) is -0.0131. The van der Waals surface area contributed by atoms with Gasteiger partial charge >= 0.3 is 0 Å². The second kappa shape index (κ2) is 8.44. The molecule has 3 aliphatic heterocycles. The quantitative estimate of drug-likeness (QED) is 0.394. The SMILES string of the molecule is CC1=NN(c2ccc(Cl)cc2)C(=O)C12Cc1ccc(Cl)cc1N1CCN(c3cccc(Cl)c3)CC12. The number of carbonyl (C=O) groups is 1. The number of benzene rings is 3. The first kappa shape index (κ1) is 22.7. The summed E-state index contributed by atoms with van der Waals surface area (Å²) in [6, 6.07) is 21.0. The molecule has 1 spiro atoms. The number of rotatable bonds is 2. The molecule has 5 nitrogen and oxygen atoms in total. The smallest absolute Gasteiger partial charge is 0.261 e. The Morgan fingerprint density at radius 3 is 2.40 bits per heavy atom. The fraction of sp³-hybridized carbons (Fsp3) is 0.259. The molecule has 6 rings (SSSR count). The van der Waals surface area contributed by atoms with Crippen LogP contribution in [0.3, 0.4) is 0 Å². The predicted octanol–water partition coefficient (Wildman–Crippen LogP) is 6.31. The molecule has 2 unspecified atom stereocenters. The number of anilines is 3. The summed E-state index contributed by atoms with van der Waals surface area (Å²) in [6.45, 7) is 4.21. The van der Waals surface area contributed by atoms with Crippen LogP contribution in [0.2, 0.25) is 15.1 Å². The van der Waals surface area contributed by atoms with Crippen molar-refractivity contribution in [3.05, 3.63) is 87.4 Å². The number of piperazine rings is 1. The Bertz CT molecular complexity index is 1360. The fourth-order valence-corrected chi connectivity index (χ4v) is 6.22. The van der Waals surface area contributed by atoms with Gasteiger partial charge < -0.3 is 9.80 Å². The highest BCUT2D eigenvalue weighted by atomic mass is 35.5. The molecule has 3 aliphatic rings. The first-order valence-corrected chi connectivity index (χ1v) is 12.7. The lowest BCUT2D eigenvalue weighted by molar-refractivity contribution is -0.125. The molecule has 2 atom stereocenters. The van der Waals surface area contributed by atoms with Crippen LogP contribution in [0.15, 0.2) is 71.8 Å². The first-order chi connectivity index (χ1) is 16.9. The van der Waals surface area contributed by atoms with Crippen LogP contribution in [0, 0.1) is 5.41 Å². The van der Waals surface area contributed by atoms with Gasteiger partial charge in [-0.2, -0.15) is 10.1 Å². The normalized spacial score (nSPS) is 23.4. The predicted molar refractivity (Wildman–Crippen MR) is 144 cm³/mol. The van der Waals surface area contributed by atoms with Gasteiger partial charge in [0.25, 0.3) is 5.91 Å². The molecule has 1 saturated heterocycles. The van der Waals surface area contributed by atoms with Crippen molar-refractivity contribution in [1.82, 2.24) is 0 Å². The summed E-state index contributed by atoms with van der Waals surface area (Å²) >= 11 is 18.8. The highest BCUT2D eigenvalue weighted by Gasteiger charge is 2.60. The van der Waals surface area contributed by atoms with Gasteiger partial charge in [0.1, 0.15) is 5.41 Å². The molecule has 0 saturated carbocycles. The van der Waals surface area contributed by atoms with Crippen LogP contribution >= 0.6 is 34.8 Å². The largest absolute Gasteiger partial charge is 0.368 e. The van der Waals surface area contributed by atoms with E-state index in [4.69, 9.17) is 39.9 Å². The van der Waals surface area contributed by atoms with Crippen LogP contribution in [0.1, 0.15) is 12.5 Å². The van der Waals surface area contributed by atoms with Crippen LogP contribution in [0.4, 0.5) is 17.1 Å². The molecule has 3 aromatic rings. The molecule has 0 aliphatic carbocycles. The van der Waals surface area contributed by atoms with E-state index in [1.165, 1.54) is 0 Å². The number of fused-ring (bicyclic) bond motifs is 4. The third-order valence-electron chi connectivity index (χ3n) is 7.49. The van der Waals surface area contributed by atoms with E-state index in [-0.39, 0.29) is 11.9 Å². The highest BCUT2D eigenvalue weighted by Crippen LogP contribution is 2.49. The van der Waals surface area contributed by atoms with E-state index < -0.39 is 5.41 Å². The van der Waals surface area contributed by atoms with Gasteiger partial charge in [0.05, 0.1) is 17.4 Å². The summed E-state index contributed by atoms with van der Waals surface area (Å²) in [4.78, 5) is 19.0. The maximum atomic E-state index is 14.3. The summed E-state index contributed by atoms with van der Waals surface area (Å²) in [6.07, 6.45) is 0.572. The minimum absolute atomic E-state index is 0.0131. The van der Waals surface area contributed by atoms with Crippen molar-refractivity contribution in [2.75, 3.05) is 34.4 Å². The van der Waals surface area contributed by atoms with Gasteiger partial charge in [-0.05, 0) is 73.5 Å². The van der Waals surface area contributed by atoms with Gasteiger partial charge in [0.2, 0.25) is 0 Å². The zero-order valence-electron chi connectivity index (χ0n) is 19.1. The average Bonchev–Trinajstić information content (AvgIpc) is 3.10. The Morgan fingerprint density at radius 1 is 0.886 bits per heavy atom. The van der Waals surface area contributed by atoms with Crippen LogP contribution in [0.25, 0.3) is 0 Å². The van der Waals surface area contributed by atoms with E-state index in [0.717, 1.165) is 35.7 Å². The molecule has 0 aromatic heterocycles. The third kappa shape index (κ3) is 3.60. The number of hydrogen-bond acceptors (Lipinski definition) is 4. The van der Waals surface area contributed by atoms with Crippen molar-refractivity contribution in [2.45, 2.75) is 19.4 Å². The number of nitrogens with zero attached hydrogens (tertiary/aromatic N) is 4. The zero-order chi connectivity index (χ0) is 24.3. The number of hydrogen-bond donors (Lipinski definition) is 0. The van der Waals surface area contributed by atoms with Gasteiger partial charge in [0, 0.05) is 46.1 Å². The van der Waals surface area contributed by atoms with Crippen molar-refractivity contribution in [2.24, 2.45) is 10.5 Å². The van der Waals surface area contributed by atoms with E-state index in [9.17, 15) is 4.79 Å². The minimum atomic E-state index is -0.794. The molecular formula is C27H23Cl3N4O. The molecule has 0 N–H and O–H groups in total. The minimum Gasteiger partial charge on any atom is -0.368 e. The molecule has 0 radical (unpaired) electrons. The average molecular weight is 526 g/mol. The maximum absolute atomic E-state index is 14.3. The van der Waals surface area contributed by atoms with Crippen molar-refractivity contribution in [3.63, 3.8) is 0 Å². The molecule has 1 amide bonds. The molecule has 8 heteroatoms. The summed E-state index contributed by atoms with van der Waals surface area (Å²) in [5.41, 5.74) is 4.01. The molecular weight excluding hydrogens is 503 g/mol. The van der Waals surface area contributed by atoms with E-state index in [2.05, 4.69) is 15.9 Å². The fourth-order valence-electron chi connectivity index (χ4n) is 5.75. The molecule has 3 heterocycles. The van der Waals surface area contributed by atoms with E-state index in [1.807, 2.05) is 55.5 Å². The van der Waals surface area contributed by atoms with Crippen LogP contribution in [-0.2, 0) is 11.2 Å². The molecule has 0 bridgehead atoms. The second-order valence-electron chi connectivity index (χ2n) is 9.34. The Morgan fingerprint density at radius 2 is 1.63 bits per heavy atom. The van der Waals surface area contributed by atoms with Gasteiger partial charge in [-0.25, -0.2) is 0 Å². The topological polar surface area (TPSA) is 39.2 Å². The summed E-state index contributed by atoms with van der Waals surface area (Å²) in [5, 5.41) is 8.36. The van der Waals surface area contributed by atoms with Crippen LogP contribution in [0.5, 0.6) is 0 Å². The number of amides is 1. The summed E-state index contributed by atoms with van der Waals surface area (Å²) < 4.78 is 0. The zero-order valence-corrected chi connectivity index (χ0v) is 21.4. The second-order valence-corrected chi connectivity index (χ2v) is 10.6. The lowest BCUT2D eigenvalue weighted by Gasteiger charge is -2.53. The van der Waals surface area contributed by atoms with Crippen molar-refractivity contribution >= 4 is 63.5 Å². The number of hydrazone groups is 1. The Hall–Kier alpha value is -2.73. The number of carbonyl (C=O) groups excluding carboxylic acids is 1. The van der Waals surface area contributed by atoms with E-state index in [0.29, 0.717) is 33.7 Å². The lowest BCUT2D eigenvalue weighted by atomic mass is 9.67. The Labute approximate surface area is 219 Å². The molecule has 1 fully saturated rings. The van der Waals surface area contributed by atoms with Gasteiger partial charge in [-0.1, -0.05) is 46.9 Å². The van der Waals surface area contributed by atoms with Gasteiger partial charge in [-0.15, -0.1) is 0 Å². The van der Waals surface area contributed by atoms with Crippen molar-refractivity contribution in [3.8, 4) is 0 Å².